The third-order valence-electron chi connectivity index (χ3n) is 7.76. The van der Waals surface area contributed by atoms with E-state index >= 15 is 0 Å². The molecule has 0 bridgehead atoms. The van der Waals surface area contributed by atoms with Crippen LogP contribution in [0.25, 0.3) is 27.9 Å². The molecule has 9 heteroatoms. The second-order valence-corrected chi connectivity index (χ2v) is 10.4. The Balaban J connectivity index is 1.43. The molecule has 0 saturated carbocycles. The smallest absolute Gasteiger partial charge is 0.349 e. The number of fused-ring (bicyclic) bond motifs is 2. The summed E-state index contributed by atoms with van der Waals surface area (Å²) < 4.78 is 7.37. The fraction of sp³-hybridized carbons (Fsp3) is 0.0882. The number of benzene rings is 4. The minimum Gasteiger partial charge on any atom is -0.506 e. The summed E-state index contributed by atoms with van der Waals surface area (Å²) in [6.45, 7) is 0. The second kappa shape index (κ2) is 10.5. The first kappa shape index (κ1) is 26.1. The van der Waals surface area contributed by atoms with Crippen LogP contribution in [0.4, 0.5) is 11.4 Å². The lowest BCUT2D eigenvalue weighted by molar-refractivity contribution is -0.384. The summed E-state index contributed by atoms with van der Waals surface area (Å²) in [7, 11) is 0. The van der Waals surface area contributed by atoms with Gasteiger partial charge in [0.05, 0.1) is 33.1 Å². The van der Waals surface area contributed by atoms with Crippen LogP contribution < -0.4 is 5.63 Å². The maximum atomic E-state index is 13.3. The van der Waals surface area contributed by atoms with Crippen molar-refractivity contribution in [3.8, 4) is 22.7 Å². The van der Waals surface area contributed by atoms with Crippen molar-refractivity contribution in [3.63, 3.8) is 0 Å². The van der Waals surface area contributed by atoms with Crippen molar-refractivity contribution in [2.75, 3.05) is 0 Å². The van der Waals surface area contributed by atoms with Crippen molar-refractivity contribution in [2.45, 2.75) is 18.8 Å². The van der Waals surface area contributed by atoms with Gasteiger partial charge in [-0.25, -0.2) is 9.48 Å². The number of hydrogen-bond acceptors (Lipinski definition) is 7. The number of nitro benzene ring substituents is 1. The van der Waals surface area contributed by atoms with Crippen molar-refractivity contribution in [2.24, 2.45) is 4.99 Å². The molecule has 210 valence electrons. The molecule has 1 N–H and O–H groups in total. The van der Waals surface area contributed by atoms with Gasteiger partial charge in [-0.05, 0) is 54.7 Å². The Morgan fingerprint density at radius 2 is 1.67 bits per heavy atom. The van der Waals surface area contributed by atoms with Gasteiger partial charge in [0, 0.05) is 29.5 Å². The van der Waals surface area contributed by atoms with Gasteiger partial charge in [-0.15, -0.1) is 0 Å². The van der Waals surface area contributed by atoms with Gasteiger partial charge in [0.25, 0.3) is 5.69 Å². The average Bonchev–Trinajstić information content (AvgIpc) is 3.38. The highest BCUT2D eigenvalue weighted by atomic mass is 16.6. The first-order valence-electron chi connectivity index (χ1n) is 13.8. The lowest BCUT2D eigenvalue weighted by atomic mass is 9.86. The molecule has 1 atom stereocenters. The molecular formula is C34H24N4O5. The van der Waals surface area contributed by atoms with Gasteiger partial charge in [0.1, 0.15) is 16.9 Å². The molecule has 9 nitrogen and oxygen atoms in total. The van der Waals surface area contributed by atoms with E-state index in [9.17, 15) is 20.0 Å². The van der Waals surface area contributed by atoms with Crippen molar-refractivity contribution in [1.82, 2.24) is 9.78 Å². The molecule has 0 radical (unpaired) electrons. The largest absolute Gasteiger partial charge is 0.506 e. The van der Waals surface area contributed by atoms with E-state index in [2.05, 4.69) is 0 Å². The zero-order chi connectivity index (χ0) is 29.5. The molecule has 0 amide bonds. The molecule has 3 heterocycles. The third-order valence-corrected chi connectivity index (χ3v) is 7.76. The van der Waals surface area contributed by atoms with Gasteiger partial charge in [0.2, 0.25) is 0 Å². The molecule has 43 heavy (non-hydrogen) atoms. The van der Waals surface area contributed by atoms with E-state index in [1.165, 1.54) is 12.1 Å². The van der Waals surface area contributed by atoms with Gasteiger partial charge in [-0.1, -0.05) is 60.7 Å². The number of nitrogens with zero attached hydrogens (tertiary/aromatic N) is 4. The quantitative estimate of drug-likeness (QED) is 0.134. The van der Waals surface area contributed by atoms with Crippen molar-refractivity contribution in [1.29, 1.82) is 0 Å². The molecule has 0 saturated heterocycles. The first-order chi connectivity index (χ1) is 21.0. The molecular weight excluding hydrogens is 544 g/mol. The summed E-state index contributed by atoms with van der Waals surface area (Å²) in [5.74, 6) is -0.429. The van der Waals surface area contributed by atoms with Crippen LogP contribution in [-0.2, 0) is 6.42 Å². The summed E-state index contributed by atoms with van der Waals surface area (Å²) >= 11 is 0. The lowest BCUT2D eigenvalue weighted by Crippen LogP contribution is -2.18. The predicted octanol–water partition coefficient (Wildman–Crippen LogP) is 7.11. The molecule has 0 spiro atoms. The fourth-order valence-corrected chi connectivity index (χ4v) is 5.71. The van der Waals surface area contributed by atoms with Gasteiger partial charge in [-0.3, -0.25) is 15.1 Å². The molecule has 6 aromatic rings. The molecule has 1 unspecified atom stereocenters. The van der Waals surface area contributed by atoms with Crippen LogP contribution in [0.2, 0.25) is 0 Å². The van der Waals surface area contributed by atoms with E-state index < -0.39 is 10.5 Å². The standard InChI is InChI=1S/C34H24N4O5/c39-33-26-14-5-7-16-30(26)43-34(40)31(33)29-19-23(17-21-9-4-6-15-28(21)35-29)27-20-37(24-11-2-1-3-12-24)36-32(27)22-10-8-13-25(18-22)38(41)42/h1-16,18,20,23,39H,17,19H2. The van der Waals surface area contributed by atoms with Crippen LogP contribution >= 0.6 is 0 Å². The van der Waals surface area contributed by atoms with Gasteiger partial charge in [-0.2, -0.15) is 5.10 Å². The number of nitro groups is 1. The molecule has 4 aromatic carbocycles. The molecule has 1 aliphatic heterocycles. The Morgan fingerprint density at radius 3 is 2.51 bits per heavy atom. The highest BCUT2D eigenvalue weighted by Crippen LogP contribution is 2.40. The summed E-state index contributed by atoms with van der Waals surface area (Å²) in [6, 6.07) is 30.6. The van der Waals surface area contributed by atoms with E-state index in [0.717, 1.165) is 16.8 Å². The Labute approximate surface area is 245 Å². The number of para-hydroxylation sites is 3. The molecule has 7 rings (SSSR count). The normalized spacial score (nSPS) is 14.6. The van der Waals surface area contributed by atoms with Crippen molar-refractivity contribution >= 4 is 28.1 Å². The summed E-state index contributed by atoms with van der Waals surface area (Å²) in [5, 5.41) is 28.3. The maximum Gasteiger partial charge on any atom is 0.349 e. The highest BCUT2D eigenvalue weighted by Gasteiger charge is 2.30. The number of rotatable bonds is 5. The number of aromatic hydroxyl groups is 1. The fourth-order valence-electron chi connectivity index (χ4n) is 5.71. The summed E-state index contributed by atoms with van der Waals surface area (Å²) in [4.78, 5) is 29.4. The van der Waals surface area contributed by atoms with Crippen molar-refractivity contribution in [3.05, 3.63) is 147 Å². The number of aromatic nitrogens is 2. The Morgan fingerprint density at radius 1 is 0.907 bits per heavy atom. The lowest BCUT2D eigenvalue weighted by Gasteiger charge is -2.17. The Hall–Kier alpha value is -5.83. The van der Waals surface area contributed by atoms with E-state index in [4.69, 9.17) is 14.5 Å². The van der Waals surface area contributed by atoms with E-state index in [0.29, 0.717) is 34.5 Å². The Bertz CT molecular complexity index is 2110. The third kappa shape index (κ3) is 4.76. The van der Waals surface area contributed by atoms with Gasteiger partial charge in [0.15, 0.2) is 0 Å². The molecule has 1 aliphatic rings. The van der Waals surface area contributed by atoms with Crippen LogP contribution in [0.1, 0.15) is 29.0 Å². The monoisotopic (exact) mass is 568 g/mol. The number of aliphatic imine (C=N–C) groups is 1. The molecule has 0 fully saturated rings. The van der Waals surface area contributed by atoms with Crippen LogP contribution in [0.5, 0.6) is 5.75 Å². The zero-order valence-corrected chi connectivity index (χ0v) is 22.8. The summed E-state index contributed by atoms with van der Waals surface area (Å²) in [6.07, 6.45) is 2.78. The molecule has 0 aliphatic carbocycles. The SMILES string of the molecule is O=c1oc2ccccc2c(O)c1C1=Nc2ccccc2CC(c2cn(-c3ccccc3)nc2-c2cccc([N+](=O)[O-])c2)C1. The van der Waals surface area contributed by atoms with E-state index in [1.807, 2.05) is 60.8 Å². The highest BCUT2D eigenvalue weighted by molar-refractivity contribution is 6.07. The maximum absolute atomic E-state index is 13.3. The van der Waals surface area contributed by atoms with Crippen LogP contribution in [0, 0.1) is 10.1 Å². The van der Waals surface area contributed by atoms with Crippen LogP contribution in [-0.4, -0.2) is 25.5 Å². The van der Waals surface area contributed by atoms with E-state index in [1.54, 1.807) is 41.1 Å². The van der Waals surface area contributed by atoms with Gasteiger partial charge >= 0.3 is 5.63 Å². The number of non-ortho nitro benzene ring substituents is 1. The second-order valence-electron chi connectivity index (χ2n) is 10.4. The summed E-state index contributed by atoms with van der Waals surface area (Å²) in [5.41, 5.74) is 4.50. The zero-order valence-electron chi connectivity index (χ0n) is 22.8. The first-order valence-corrected chi connectivity index (χ1v) is 13.8. The van der Waals surface area contributed by atoms with Crippen molar-refractivity contribution < 1.29 is 14.4 Å². The average molecular weight is 569 g/mol. The van der Waals surface area contributed by atoms with Crippen LogP contribution in [0.3, 0.4) is 0 Å². The Kier molecular flexibility index (Phi) is 6.39. The minimum absolute atomic E-state index is 0.0211. The predicted molar refractivity (Wildman–Crippen MR) is 164 cm³/mol. The van der Waals surface area contributed by atoms with E-state index in [-0.39, 0.29) is 34.9 Å². The molecule has 2 aromatic heterocycles. The topological polar surface area (TPSA) is 124 Å². The van der Waals surface area contributed by atoms with Gasteiger partial charge < -0.3 is 9.52 Å². The number of hydrogen-bond donors (Lipinski definition) is 1. The minimum atomic E-state index is -0.674. The van der Waals surface area contributed by atoms with Crippen LogP contribution in [0.15, 0.2) is 124 Å².